The summed E-state index contributed by atoms with van der Waals surface area (Å²) in [6.07, 6.45) is 0.404. The van der Waals surface area contributed by atoms with E-state index in [0.29, 0.717) is 24.2 Å². The lowest BCUT2D eigenvalue weighted by atomic mass is 9.98. The zero-order valence-corrected chi connectivity index (χ0v) is 15.9. The molecule has 7 heteroatoms. The van der Waals surface area contributed by atoms with Gasteiger partial charge in [-0.1, -0.05) is 48.5 Å². The predicted octanol–water partition coefficient (Wildman–Crippen LogP) is 3.16. The van der Waals surface area contributed by atoms with Crippen molar-refractivity contribution in [2.45, 2.75) is 19.4 Å². The summed E-state index contributed by atoms with van der Waals surface area (Å²) in [5, 5.41) is 8.46. The summed E-state index contributed by atoms with van der Waals surface area (Å²) >= 11 is 0. The first-order chi connectivity index (χ1) is 13.5. The predicted molar refractivity (Wildman–Crippen MR) is 105 cm³/mol. The summed E-state index contributed by atoms with van der Waals surface area (Å²) < 4.78 is 14.3. The van der Waals surface area contributed by atoms with Gasteiger partial charge in [0.2, 0.25) is 0 Å². The fourth-order valence-electron chi connectivity index (χ4n) is 3.17. The quantitative estimate of drug-likeness (QED) is 0.863. The molecule has 0 radical (unpaired) electrons. The maximum absolute atomic E-state index is 14.3. The van der Waals surface area contributed by atoms with Gasteiger partial charge in [0.25, 0.3) is 5.91 Å². The van der Waals surface area contributed by atoms with Gasteiger partial charge in [-0.25, -0.2) is 14.2 Å². The van der Waals surface area contributed by atoms with Crippen molar-refractivity contribution in [1.82, 2.24) is 15.2 Å². The molecule has 1 heterocycles. The molecule has 0 aliphatic carbocycles. The average Bonchev–Trinajstić information content (AvgIpc) is 3.14. The van der Waals surface area contributed by atoms with Gasteiger partial charge in [-0.3, -0.25) is 4.79 Å². The standard InChI is InChI=1S/C21H23FN4O2/c1-3-23-21(28)25(2)14-20(27)26-19(15-9-5-4-6-10-15)13-18(24-26)16-11-7-8-12-17(16)22/h4-12,19H,3,13-14H2,1-2H3,(H,23,28)/t19-/m1/s1. The van der Waals surface area contributed by atoms with Gasteiger partial charge in [-0.05, 0) is 18.6 Å². The largest absolute Gasteiger partial charge is 0.338 e. The van der Waals surface area contributed by atoms with Crippen LogP contribution in [-0.4, -0.2) is 47.7 Å². The fraction of sp³-hybridized carbons (Fsp3) is 0.286. The molecular weight excluding hydrogens is 359 g/mol. The maximum Gasteiger partial charge on any atom is 0.317 e. The molecular formula is C21H23FN4O2. The van der Waals surface area contributed by atoms with Crippen molar-refractivity contribution in [3.63, 3.8) is 0 Å². The van der Waals surface area contributed by atoms with Crippen LogP contribution in [0.15, 0.2) is 59.7 Å². The summed E-state index contributed by atoms with van der Waals surface area (Å²) in [4.78, 5) is 26.2. The second-order valence-electron chi connectivity index (χ2n) is 6.59. The first-order valence-corrected chi connectivity index (χ1v) is 9.19. The van der Waals surface area contributed by atoms with E-state index in [4.69, 9.17) is 0 Å². The number of hydrogen-bond donors (Lipinski definition) is 1. The molecule has 0 bridgehead atoms. The van der Waals surface area contributed by atoms with Crippen molar-refractivity contribution in [3.8, 4) is 0 Å². The molecule has 1 N–H and O–H groups in total. The van der Waals surface area contributed by atoms with E-state index in [2.05, 4.69) is 10.4 Å². The number of carbonyl (C=O) groups excluding carboxylic acids is 2. The zero-order chi connectivity index (χ0) is 20.1. The highest BCUT2D eigenvalue weighted by atomic mass is 19.1. The van der Waals surface area contributed by atoms with Crippen LogP contribution in [0.25, 0.3) is 0 Å². The van der Waals surface area contributed by atoms with Crippen molar-refractivity contribution in [2.75, 3.05) is 20.1 Å². The molecule has 0 aromatic heterocycles. The Labute approximate surface area is 163 Å². The minimum absolute atomic E-state index is 0.122. The number of carbonyl (C=O) groups is 2. The highest BCUT2D eigenvalue weighted by Crippen LogP contribution is 2.33. The lowest BCUT2D eigenvalue weighted by Crippen LogP contribution is -2.43. The number of halogens is 1. The number of nitrogens with one attached hydrogen (secondary N) is 1. The van der Waals surface area contributed by atoms with Gasteiger partial charge in [0, 0.05) is 25.6 Å². The summed E-state index contributed by atoms with van der Waals surface area (Å²) in [6, 6.07) is 15.2. The van der Waals surface area contributed by atoms with Crippen molar-refractivity contribution in [1.29, 1.82) is 0 Å². The number of benzene rings is 2. The van der Waals surface area contributed by atoms with Crippen molar-refractivity contribution >= 4 is 17.6 Å². The van der Waals surface area contributed by atoms with E-state index in [1.165, 1.54) is 16.0 Å². The summed E-state index contributed by atoms with van der Waals surface area (Å²) in [6.45, 7) is 2.16. The van der Waals surface area contributed by atoms with Crippen molar-refractivity contribution in [3.05, 3.63) is 71.5 Å². The third-order valence-electron chi connectivity index (χ3n) is 4.58. The average molecular weight is 382 g/mol. The Morgan fingerprint density at radius 3 is 2.54 bits per heavy atom. The van der Waals surface area contributed by atoms with Crippen LogP contribution in [0, 0.1) is 5.82 Å². The highest BCUT2D eigenvalue weighted by Gasteiger charge is 2.34. The van der Waals surface area contributed by atoms with Crippen molar-refractivity contribution in [2.24, 2.45) is 5.10 Å². The van der Waals surface area contributed by atoms with E-state index in [-0.39, 0.29) is 30.3 Å². The molecule has 28 heavy (non-hydrogen) atoms. The highest BCUT2D eigenvalue weighted by molar-refractivity contribution is 6.03. The third kappa shape index (κ3) is 4.19. The molecule has 2 aromatic carbocycles. The van der Waals surface area contributed by atoms with E-state index in [9.17, 15) is 14.0 Å². The van der Waals surface area contributed by atoms with E-state index in [0.717, 1.165) is 5.56 Å². The molecule has 1 aliphatic heterocycles. The number of rotatable bonds is 5. The van der Waals surface area contributed by atoms with Crippen molar-refractivity contribution < 1.29 is 14.0 Å². The minimum atomic E-state index is -0.373. The first-order valence-electron chi connectivity index (χ1n) is 9.19. The molecule has 6 nitrogen and oxygen atoms in total. The van der Waals surface area contributed by atoms with Gasteiger partial charge in [-0.15, -0.1) is 0 Å². The van der Waals surface area contributed by atoms with Gasteiger partial charge in [0.1, 0.15) is 12.4 Å². The molecule has 3 rings (SSSR count). The zero-order valence-electron chi connectivity index (χ0n) is 15.9. The van der Waals surface area contributed by atoms with Crippen LogP contribution in [-0.2, 0) is 4.79 Å². The summed E-state index contributed by atoms with van der Waals surface area (Å²) in [7, 11) is 1.55. The molecule has 1 aliphatic rings. The number of urea groups is 1. The van der Waals surface area contributed by atoms with Gasteiger partial charge in [0.15, 0.2) is 0 Å². The van der Waals surface area contributed by atoms with Gasteiger partial charge >= 0.3 is 6.03 Å². The SMILES string of the molecule is CCNC(=O)N(C)CC(=O)N1N=C(c2ccccc2F)C[C@@H]1c1ccccc1. The van der Waals surface area contributed by atoms with E-state index in [1.807, 2.05) is 37.3 Å². The number of nitrogens with zero attached hydrogens (tertiary/aromatic N) is 3. The molecule has 0 unspecified atom stereocenters. The number of hydrazone groups is 1. The maximum atomic E-state index is 14.3. The second kappa shape index (κ2) is 8.65. The topological polar surface area (TPSA) is 65.0 Å². The number of likely N-dealkylation sites (N-methyl/N-ethyl adjacent to an activating group) is 1. The lowest BCUT2D eigenvalue weighted by molar-refractivity contribution is -0.133. The lowest BCUT2D eigenvalue weighted by Gasteiger charge is -2.25. The van der Waals surface area contributed by atoms with Crippen LogP contribution in [0.2, 0.25) is 0 Å². The van der Waals surface area contributed by atoms with Crippen LogP contribution in [0.5, 0.6) is 0 Å². The Morgan fingerprint density at radius 1 is 1.18 bits per heavy atom. The first kappa shape index (κ1) is 19.5. The molecule has 3 amide bonds. The molecule has 0 saturated carbocycles. The van der Waals surface area contributed by atoms with Crippen LogP contribution in [0.4, 0.5) is 9.18 Å². The fourth-order valence-corrected chi connectivity index (χ4v) is 3.17. The van der Waals surface area contributed by atoms with Crippen LogP contribution < -0.4 is 5.32 Å². The Balaban J connectivity index is 1.88. The molecule has 0 saturated heterocycles. The van der Waals surface area contributed by atoms with E-state index >= 15 is 0 Å². The summed E-state index contributed by atoms with van der Waals surface area (Å²) in [5.41, 5.74) is 1.81. The molecule has 146 valence electrons. The number of hydrogen-bond acceptors (Lipinski definition) is 3. The van der Waals surface area contributed by atoms with Crippen LogP contribution in [0.1, 0.15) is 30.5 Å². The van der Waals surface area contributed by atoms with E-state index in [1.54, 1.807) is 25.2 Å². The summed E-state index contributed by atoms with van der Waals surface area (Å²) in [5.74, 6) is -0.698. The molecule has 0 fully saturated rings. The second-order valence-corrected chi connectivity index (χ2v) is 6.59. The normalized spacial score (nSPS) is 15.9. The Bertz CT molecular complexity index is 885. The minimum Gasteiger partial charge on any atom is -0.338 e. The number of amides is 3. The van der Waals surface area contributed by atoms with Gasteiger partial charge in [0.05, 0.1) is 11.8 Å². The Morgan fingerprint density at radius 2 is 1.86 bits per heavy atom. The van der Waals surface area contributed by atoms with Gasteiger partial charge < -0.3 is 10.2 Å². The monoisotopic (exact) mass is 382 g/mol. The van der Waals surface area contributed by atoms with E-state index < -0.39 is 0 Å². The molecule has 2 aromatic rings. The third-order valence-corrected chi connectivity index (χ3v) is 4.58. The van der Waals surface area contributed by atoms with Crippen LogP contribution >= 0.6 is 0 Å². The van der Waals surface area contributed by atoms with Crippen LogP contribution in [0.3, 0.4) is 0 Å². The Hall–Kier alpha value is -3.22. The Kier molecular flexibility index (Phi) is 6.03. The molecule has 0 spiro atoms. The molecule has 1 atom stereocenters. The smallest absolute Gasteiger partial charge is 0.317 e. The van der Waals surface area contributed by atoms with Gasteiger partial charge in [-0.2, -0.15) is 5.10 Å².